The van der Waals surface area contributed by atoms with Crippen molar-refractivity contribution in [3.05, 3.63) is 53.0 Å². The van der Waals surface area contributed by atoms with Crippen LogP contribution in [-0.2, 0) is 4.79 Å². The number of likely N-dealkylation sites (N-methyl/N-ethyl adjacent to an activating group) is 1. The standard InChI is InChI=1S/C18H17N3OS/c1-11-4-3-5-12(8-11)14-10-23-17-13(6-7-15(22)20-2)9-21-18(19)16(14)17/h3-10H,1-2H3,(H2,19,21)(H,20,22). The molecule has 0 saturated heterocycles. The van der Waals surface area contributed by atoms with E-state index in [2.05, 4.69) is 40.8 Å². The zero-order valence-electron chi connectivity index (χ0n) is 13.0. The summed E-state index contributed by atoms with van der Waals surface area (Å²) in [5.74, 6) is 0.361. The second kappa shape index (κ2) is 6.22. The monoisotopic (exact) mass is 323 g/mol. The number of fused-ring (bicyclic) bond motifs is 1. The lowest BCUT2D eigenvalue weighted by Gasteiger charge is -2.05. The Bertz CT molecular complexity index is 912. The van der Waals surface area contributed by atoms with Crippen LogP contribution < -0.4 is 11.1 Å². The minimum absolute atomic E-state index is 0.148. The molecule has 0 aliphatic heterocycles. The molecule has 0 aliphatic rings. The molecule has 3 aromatic rings. The molecule has 3 N–H and O–H groups in total. The average molecular weight is 323 g/mol. The third kappa shape index (κ3) is 2.96. The van der Waals surface area contributed by atoms with E-state index in [1.165, 1.54) is 11.6 Å². The van der Waals surface area contributed by atoms with Gasteiger partial charge < -0.3 is 11.1 Å². The van der Waals surface area contributed by atoms with Crippen LogP contribution in [0.4, 0.5) is 5.82 Å². The molecule has 3 rings (SSSR count). The molecule has 23 heavy (non-hydrogen) atoms. The number of benzene rings is 1. The molecule has 0 atom stereocenters. The summed E-state index contributed by atoms with van der Waals surface area (Å²) in [4.78, 5) is 15.7. The number of amides is 1. The lowest BCUT2D eigenvalue weighted by molar-refractivity contribution is -0.115. The fourth-order valence-electron chi connectivity index (χ4n) is 2.48. The quantitative estimate of drug-likeness (QED) is 0.724. The molecular weight excluding hydrogens is 306 g/mol. The predicted octanol–water partition coefficient (Wildman–Crippen LogP) is 3.61. The molecule has 2 heterocycles. The molecule has 5 heteroatoms. The molecular formula is C18H17N3OS. The summed E-state index contributed by atoms with van der Waals surface area (Å²) < 4.78 is 1.04. The number of nitrogens with one attached hydrogen (secondary N) is 1. The van der Waals surface area contributed by atoms with E-state index in [1.54, 1.807) is 30.7 Å². The van der Waals surface area contributed by atoms with Crippen molar-refractivity contribution in [2.45, 2.75) is 6.92 Å². The Hall–Kier alpha value is -2.66. The minimum Gasteiger partial charge on any atom is -0.383 e. The first-order valence-corrected chi connectivity index (χ1v) is 8.10. The number of thiophene rings is 1. The van der Waals surface area contributed by atoms with E-state index in [1.807, 2.05) is 6.07 Å². The number of carbonyl (C=O) groups excluding carboxylic acids is 1. The normalized spacial score (nSPS) is 11.2. The molecule has 1 aromatic carbocycles. The SMILES string of the molecule is CNC(=O)C=Cc1cnc(N)c2c(-c3cccc(C)c3)csc12. The highest BCUT2D eigenvalue weighted by Crippen LogP contribution is 2.38. The van der Waals surface area contributed by atoms with Gasteiger partial charge in [0.05, 0.1) is 0 Å². The summed E-state index contributed by atoms with van der Waals surface area (Å²) in [5, 5.41) is 5.60. The Morgan fingerprint density at radius 2 is 2.22 bits per heavy atom. The largest absolute Gasteiger partial charge is 0.383 e. The summed E-state index contributed by atoms with van der Waals surface area (Å²) in [7, 11) is 1.60. The van der Waals surface area contributed by atoms with Crippen LogP contribution in [0.5, 0.6) is 0 Å². The number of hydrogen-bond acceptors (Lipinski definition) is 4. The highest BCUT2D eigenvalue weighted by Gasteiger charge is 2.13. The fraction of sp³-hybridized carbons (Fsp3) is 0.111. The van der Waals surface area contributed by atoms with Crippen molar-refractivity contribution >= 4 is 39.2 Å². The van der Waals surface area contributed by atoms with Crippen LogP contribution in [0, 0.1) is 6.92 Å². The number of aryl methyl sites for hydroxylation is 1. The van der Waals surface area contributed by atoms with Crippen molar-refractivity contribution in [3.63, 3.8) is 0 Å². The van der Waals surface area contributed by atoms with Crippen LogP contribution in [0.3, 0.4) is 0 Å². The fourth-order valence-corrected chi connectivity index (χ4v) is 3.56. The van der Waals surface area contributed by atoms with Crippen molar-refractivity contribution in [1.82, 2.24) is 10.3 Å². The number of hydrogen-bond donors (Lipinski definition) is 2. The molecule has 4 nitrogen and oxygen atoms in total. The Kier molecular flexibility index (Phi) is 4.12. The molecule has 0 radical (unpaired) electrons. The van der Waals surface area contributed by atoms with Gasteiger partial charge in [0, 0.05) is 40.5 Å². The second-order valence-corrected chi connectivity index (χ2v) is 6.15. The lowest BCUT2D eigenvalue weighted by atomic mass is 10.0. The Labute approximate surface area is 138 Å². The predicted molar refractivity (Wildman–Crippen MR) is 97.3 cm³/mol. The summed E-state index contributed by atoms with van der Waals surface area (Å²) in [5.41, 5.74) is 10.4. The number of anilines is 1. The van der Waals surface area contributed by atoms with E-state index in [0.29, 0.717) is 5.82 Å². The van der Waals surface area contributed by atoms with Crippen molar-refractivity contribution in [1.29, 1.82) is 0 Å². The van der Waals surface area contributed by atoms with Gasteiger partial charge in [0.2, 0.25) is 5.91 Å². The van der Waals surface area contributed by atoms with Crippen LogP contribution in [0.1, 0.15) is 11.1 Å². The molecule has 0 aliphatic carbocycles. The minimum atomic E-state index is -0.148. The summed E-state index contributed by atoms with van der Waals surface area (Å²) in [6.45, 7) is 2.07. The van der Waals surface area contributed by atoms with E-state index in [0.717, 1.165) is 26.8 Å². The van der Waals surface area contributed by atoms with Crippen LogP contribution in [0.25, 0.3) is 27.3 Å². The molecule has 0 spiro atoms. The van der Waals surface area contributed by atoms with Crippen molar-refractivity contribution in [2.24, 2.45) is 0 Å². The van der Waals surface area contributed by atoms with Gasteiger partial charge in [-0.25, -0.2) is 4.98 Å². The highest BCUT2D eigenvalue weighted by atomic mass is 32.1. The maximum absolute atomic E-state index is 11.4. The van der Waals surface area contributed by atoms with Crippen molar-refractivity contribution in [2.75, 3.05) is 12.8 Å². The zero-order chi connectivity index (χ0) is 16.4. The Morgan fingerprint density at radius 3 is 2.96 bits per heavy atom. The van der Waals surface area contributed by atoms with E-state index in [4.69, 9.17) is 5.73 Å². The van der Waals surface area contributed by atoms with Crippen LogP contribution in [-0.4, -0.2) is 17.9 Å². The maximum atomic E-state index is 11.4. The lowest BCUT2D eigenvalue weighted by Crippen LogP contribution is -2.13. The number of carbonyl (C=O) groups is 1. The van der Waals surface area contributed by atoms with Gasteiger partial charge in [0.25, 0.3) is 0 Å². The number of nitrogen functional groups attached to an aromatic ring is 1. The number of aromatic nitrogens is 1. The number of nitrogens with two attached hydrogens (primary N) is 1. The number of nitrogens with zero attached hydrogens (tertiary/aromatic N) is 1. The molecule has 0 bridgehead atoms. The van der Waals surface area contributed by atoms with E-state index < -0.39 is 0 Å². The van der Waals surface area contributed by atoms with E-state index >= 15 is 0 Å². The zero-order valence-corrected chi connectivity index (χ0v) is 13.8. The van der Waals surface area contributed by atoms with Gasteiger partial charge in [-0.15, -0.1) is 11.3 Å². The Morgan fingerprint density at radius 1 is 1.39 bits per heavy atom. The van der Waals surface area contributed by atoms with Crippen molar-refractivity contribution < 1.29 is 4.79 Å². The van der Waals surface area contributed by atoms with Gasteiger partial charge in [-0.3, -0.25) is 4.79 Å². The third-order valence-electron chi connectivity index (χ3n) is 3.64. The first-order valence-electron chi connectivity index (χ1n) is 7.22. The van der Waals surface area contributed by atoms with Gasteiger partial charge in [0.1, 0.15) is 5.82 Å². The molecule has 0 fully saturated rings. The van der Waals surface area contributed by atoms with E-state index in [9.17, 15) is 4.79 Å². The van der Waals surface area contributed by atoms with Gasteiger partial charge in [-0.2, -0.15) is 0 Å². The molecule has 1 amide bonds. The third-order valence-corrected chi connectivity index (χ3v) is 4.67. The maximum Gasteiger partial charge on any atom is 0.243 e. The molecule has 0 saturated carbocycles. The number of pyridine rings is 1. The smallest absolute Gasteiger partial charge is 0.243 e. The van der Waals surface area contributed by atoms with Gasteiger partial charge in [-0.05, 0) is 23.9 Å². The topological polar surface area (TPSA) is 68.0 Å². The van der Waals surface area contributed by atoms with Crippen LogP contribution in [0.2, 0.25) is 0 Å². The summed E-state index contributed by atoms with van der Waals surface area (Å²) in [6, 6.07) is 8.30. The summed E-state index contributed by atoms with van der Waals surface area (Å²) in [6.07, 6.45) is 4.97. The molecule has 2 aromatic heterocycles. The van der Waals surface area contributed by atoms with Crippen LogP contribution >= 0.6 is 11.3 Å². The molecule has 0 unspecified atom stereocenters. The molecule has 116 valence electrons. The first-order chi connectivity index (χ1) is 11.1. The van der Waals surface area contributed by atoms with Crippen molar-refractivity contribution in [3.8, 4) is 11.1 Å². The van der Waals surface area contributed by atoms with Gasteiger partial charge in [0.15, 0.2) is 0 Å². The van der Waals surface area contributed by atoms with E-state index in [-0.39, 0.29) is 5.91 Å². The first kappa shape index (κ1) is 15.2. The Balaban J connectivity index is 2.16. The second-order valence-electron chi connectivity index (χ2n) is 5.27. The van der Waals surface area contributed by atoms with Gasteiger partial charge >= 0.3 is 0 Å². The highest BCUT2D eigenvalue weighted by molar-refractivity contribution is 7.18. The summed E-state index contributed by atoms with van der Waals surface area (Å²) >= 11 is 1.61. The van der Waals surface area contributed by atoms with Gasteiger partial charge in [-0.1, -0.05) is 29.8 Å². The average Bonchev–Trinajstić information content (AvgIpc) is 3.00. The number of rotatable bonds is 3. The van der Waals surface area contributed by atoms with Crippen LogP contribution in [0.15, 0.2) is 41.9 Å².